The molecule has 0 bridgehead atoms. The molecule has 2 aliphatic heterocycles. The van der Waals surface area contributed by atoms with Gasteiger partial charge in [0, 0.05) is 51.0 Å². The van der Waals surface area contributed by atoms with E-state index in [0.29, 0.717) is 74.6 Å². The Morgan fingerprint density at radius 2 is 1.80 bits per heavy atom. The van der Waals surface area contributed by atoms with Crippen molar-refractivity contribution in [2.45, 2.75) is 6.92 Å². The zero-order valence-electron chi connectivity index (χ0n) is 19.9. The van der Waals surface area contributed by atoms with E-state index in [4.69, 9.17) is 21.7 Å². The number of anilines is 2. The van der Waals surface area contributed by atoms with Gasteiger partial charge in [-0.1, -0.05) is 12.1 Å². The number of nitrogens with zero attached hydrogens (tertiary/aromatic N) is 4. The molecule has 2 fully saturated rings. The third-order valence-corrected chi connectivity index (χ3v) is 6.68. The van der Waals surface area contributed by atoms with Crippen LogP contribution in [0.1, 0.15) is 15.9 Å². The molecule has 4 rings (SSSR count). The number of morpholine rings is 1. The third kappa shape index (κ3) is 5.46. The fraction of sp³-hybridized carbons (Fsp3) is 0.417. The molecule has 0 atom stereocenters. The van der Waals surface area contributed by atoms with Crippen molar-refractivity contribution in [1.82, 2.24) is 10.2 Å². The summed E-state index contributed by atoms with van der Waals surface area (Å²) < 4.78 is 10.8. The summed E-state index contributed by atoms with van der Waals surface area (Å²) >= 11 is 5.51. The Balaban J connectivity index is 1.40. The van der Waals surface area contributed by atoms with Crippen LogP contribution in [0.25, 0.3) is 0 Å². The van der Waals surface area contributed by atoms with Gasteiger partial charge in [0.05, 0.1) is 30.8 Å². The van der Waals surface area contributed by atoms with Crippen LogP contribution in [0.2, 0.25) is 0 Å². The number of rotatable bonds is 5. The number of nitro groups is 1. The molecule has 186 valence electrons. The normalized spacial score (nSPS) is 16.1. The SMILES string of the molecule is COc1c(C)cccc1C(=O)NC(=S)N1CCN(c2ccc([N+](=O)[O-])c(N3CCOCC3)c2)CC1. The molecule has 0 aromatic heterocycles. The van der Waals surface area contributed by atoms with Crippen molar-refractivity contribution in [3.63, 3.8) is 0 Å². The van der Waals surface area contributed by atoms with Gasteiger partial charge in [0.15, 0.2) is 5.11 Å². The molecule has 2 heterocycles. The van der Waals surface area contributed by atoms with Crippen LogP contribution in [0.5, 0.6) is 5.75 Å². The fourth-order valence-electron chi connectivity index (χ4n) is 4.43. The van der Waals surface area contributed by atoms with Gasteiger partial charge in [-0.05, 0) is 42.9 Å². The topological polar surface area (TPSA) is 100 Å². The number of methoxy groups -OCH3 is 1. The van der Waals surface area contributed by atoms with E-state index in [1.54, 1.807) is 25.3 Å². The molecule has 2 saturated heterocycles. The predicted molar refractivity (Wildman–Crippen MR) is 138 cm³/mol. The predicted octanol–water partition coefficient (Wildman–Crippen LogP) is 2.59. The maximum absolute atomic E-state index is 12.8. The van der Waals surface area contributed by atoms with Crippen molar-refractivity contribution in [3.05, 3.63) is 57.6 Å². The number of carbonyl (C=O) groups excluding carboxylic acids is 1. The number of benzene rings is 2. The van der Waals surface area contributed by atoms with E-state index in [9.17, 15) is 14.9 Å². The average molecular weight is 500 g/mol. The first-order valence-corrected chi connectivity index (χ1v) is 11.9. The van der Waals surface area contributed by atoms with Gasteiger partial charge in [0.2, 0.25) is 0 Å². The van der Waals surface area contributed by atoms with Gasteiger partial charge in [-0.3, -0.25) is 20.2 Å². The second-order valence-corrected chi connectivity index (χ2v) is 8.81. The first kappa shape index (κ1) is 24.7. The van der Waals surface area contributed by atoms with E-state index in [1.807, 2.05) is 34.9 Å². The Bertz CT molecular complexity index is 1110. The van der Waals surface area contributed by atoms with E-state index in [2.05, 4.69) is 10.2 Å². The molecule has 10 nitrogen and oxygen atoms in total. The molecular weight excluding hydrogens is 470 g/mol. The average Bonchev–Trinajstić information content (AvgIpc) is 2.88. The lowest BCUT2D eigenvalue weighted by Gasteiger charge is -2.37. The largest absolute Gasteiger partial charge is 0.496 e. The molecule has 1 amide bonds. The highest BCUT2D eigenvalue weighted by Gasteiger charge is 2.26. The summed E-state index contributed by atoms with van der Waals surface area (Å²) in [5.74, 6) is 0.232. The van der Waals surface area contributed by atoms with Crippen molar-refractivity contribution in [3.8, 4) is 5.75 Å². The summed E-state index contributed by atoms with van der Waals surface area (Å²) in [7, 11) is 1.54. The first-order valence-electron chi connectivity index (χ1n) is 11.5. The van der Waals surface area contributed by atoms with E-state index in [0.717, 1.165) is 11.3 Å². The van der Waals surface area contributed by atoms with Gasteiger partial charge in [0.25, 0.3) is 11.6 Å². The van der Waals surface area contributed by atoms with Gasteiger partial charge in [-0.15, -0.1) is 0 Å². The minimum absolute atomic E-state index is 0.102. The Morgan fingerprint density at radius 1 is 1.09 bits per heavy atom. The minimum atomic E-state index is -0.336. The van der Waals surface area contributed by atoms with Crippen LogP contribution in [-0.2, 0) is 4.74 Å². The Hall–Kier alpha value is -3.44. The summed E-state index contributed by atoms with van der Waals surface area (Å²) in [5.41, 5.74) is 2.96. The summed E-state index contributed by atoms with van der Waals surface area (Å²) in [6.07, 6.45) is 0. The quantitative estimate of drug-likeness (QED) is 0.378. The number of ether oxygens (including phenoxy) is 2. The van der Waals surface area contributed by atoms with Crippen molar-refractivity contribution in [1.29, 1.82) is 0 Å². The molecule has 11 heteroatoms. The van der Waals surface area contributed by atoms with Gasteiger partial charge < -0.3 is 24.2 Å². The molecule has 2 aliphatic rings. The number of piperazine rings is 1. The summed E-state index contributed by atoms with van der Waals surface area (Å²) in [5, 5.41) is 14.8. The Labute approximate surface area is 209 Å². The number of amides is 1. The number of nitrogens with one attached hydrogen (secondary N) is 1. The highest BCUT2D eigenvalue weighted by molar-refractivity contribution is 7.80. The van der Waals surface area contributed by atoms with Gasteiger partial charge in [0.1, 0.15) is 11.4 Å². The van der Waals surface area contributed by atoms with Gasteiger partial charge in [-0.2, -0.15) is 0 Å². The van der Waals surface area contributed by atoms with E-state index < -0.39 is 0 Å². The highest BCUT2D eigenvalue weighted by Crippen LogP contribution is 2.33. The molecule has 0 spiro atoms. The van der Waals surface area contributed by atoms with Crippen LogP contribution in [0, 0.1) is 17.0 Å². The standard InChI is InChI=1S/C24H29N5O5S/c1-17-4-3-5-19(22(17)33-2)23(30)25-24(35)28-10-8-26(9-11-28)18-6-7-20(29(31)32)21(16-18)27-12-14-34-15-13-27/h3-7,16H,8-15H2,1-2H3,(H,25,30,35). The second kappa shape index (κ2) is 10.9. The van der Waals surface area contributed by atoms with Crippen LogP contribution >= 0.6 is 12.2 Å². The molecule has 2 aromatic carbocycles. The number of hydrogen-bond donors (Lipinski definition) is 1. The number of hydrogen-bond acceptors (Lipinski definition) is 8. The molecule has 2 aromatic rings. The summed E-state index contributed by atoms with van der Waals surface area (Å²) in [4.78, 5) is 30.2. The maximum Gasteiger partial charge on any atom is 0.292 e. The van der Waals surface area contributed by atoms with Crippen molar-refractivity contribution < 1.29 is 19.2 Å². The summed E-state index contributed by atoms with van der Waals surface area (Å²) in [6, 6.07) is 10.7. The zero-order chi connectivity index (χ0) is 24.9. The number of aryl methyl sites for hydroxylation is 1. The van der Waals surface area contributed by atoms with E-state index >= 15 is 0 Å². The molecule has 35 heavy (non-hydrogen) atoms. The van der Waals surface area contributed by atoms with Crippen LogP contribution in [0.3, 0.4) is 0 Å². The summed E-state index contributed by atoms with van der Waals surface area (Å²) in [6.45, 7) is 6.82. The first-order chi connectivity index (χ1) is 16.9. The molecule has 0 saturated carbocycles. The second-order valence-electron chi connectivity index (χ2n) is 8.42. The van der Waals surface area contributed by atoms with Crippen molar-refractivity contribution >= 4 is 40.3 Å². The van der Waals surface area contributed by atoms with Crippen LogP contribution in [0.4, 0.5) is 17.1 Å². The van der Waals surface area contributed by atoms with E-state index in [1.165, 1.54) is 0 Å². The third-order valence-electron chi connectivity index (χ3n) is 6.32. The smallest absolute Gasteiger partial charge is 0.292 e. The maximum atomic E-state index is 12.8. The lowest BCUT2D eigenvalue weighted by molar-refractivity contribution is -0.384. The molecule has 0 aliphatic carbocycles. The highest BCUT2D eigenvalue weighted by atomic mass is 32.1. The number of nitro benzene ring substituents is 1. The zero-order valence-corrected chi connectivity index (χ0v) is 20.7. The Kier molecular flexibility index (Phi) is 7.67. The molecular formula is C24H29N5O5S. The minimum Gasteiger partial charge on any atom is -0.496 e. The molecule has 0 radical (unpaired) electrons. The lowest BCUT2D eigenvalue weighted by atomic mass is 10.1. The lowest BCUT2D eigenvalue weighted by Crippen LogP contribution is -2.52. The van der Waals surface area contributed by atoms with Crippen LogP contribution in [0.15, 0.2) is 36.4 Å². The Morgan fingerprint density at radius 3 is 2.46 bits per heavy atom. The van der Waals surface area contributed by atoms with Crippen molar-refractivity contribution in [2.24, 2.45) is 0 Å². The number of carbonyl (C=O) groups is 1. The van der Waals surface area contributed by atoms with Gasteiger partial charge in [-0.25, -0.2) is 0 Å². The van der Waals surface area contributed by atoms with Crippen LogP contribution in [-0.4, -0.2) is 80.4 Å². The number of para-hydroxylation sites is 1. The van der Waals surface area contributed by atoms with Crippen LogP contribution < -0.4 is 19.9 Å². The monoisotopic (exact) mass is 499 g/mol. The molecule has 0 unspecified atom stereocenters. The fourth-order valence-corrected chi connectivity index (χ4v) is 4.71. The van der Waals surface area contributed by atoms with E-state index in [-0.39, 0.29) is 16.5 Å². The van der Waals surface area contributed by atoms with Gasteiger partial charge >= 0.3 is 0 Å². The molecule has 1 N–H and O–H groups in total. The number of thiocarbonyl (C=S) groups is 1. The van der Waals surface area contributed by atoms with Crippen molar-refractivity contribution in [2.75, 3.05) is 69.4 Å².